The van der Waals surface area contributed by atoms with E-state index in [1.54, 1.807) is 25.1 Å². The molecule has 3 atom stereocenters. The van der Waals surface area contributed by atoms with Gasteiger partial charge in [-0.1, -0.05) is 12.1 Å². The Kier molecular flexibility index (Phi) is 6.42. The molecule has 200 valence electrons. The standard InChI is InChI=1S/C29H23F2NO6S/c1-2-36-29(35)27-18(24-4-3-9-39-24)12-21-26(28(27)34)17(15-5-8-22-23(10-15)38-14-37-22)13-25(33)32(21)20-7-6-16(30)11-19(20)31/h3-11,17-18,27H,2,12-14H2,1H3/t17-,18-,27+/m1/s1. The van der Waals surface area contributed by atoms with Crippen molar-refractivity contribution >= 4 is 34.7 Å². The van der Waals surface area contributed by atoms with Crippen molar-refractivity contribution in [1.82, 2.24) is 0 Å². The summed E-state index contributed by atoms with van der Waals surface area (Å²) in [5, 5.41) is 1.84. The van der Waals surface area contributed by atoms with E-state index >= 15 is 4.39 Å². The van der Waals surface area contributed by atoms with Crippen LogP contribution in [0.2, 0.25) is 0 Å². The van der Waals surface area contributed by atoms with Crippen LogP contribution in [0.25, 0.3) is 0 Å². The Morgan fingerprint density at radius 3 is 2.64 bits per heavy atom. The summed E-state index contributed by atoms with van der Waals surface area (Å²) in [7, 11) is 0. The average Bonchev–Trinajstić information content (AvgIpc) is 3.61. The predicted octanol–water partition coefficient (Wildman–Crippen LogP) is 5.47. The molecule has 1 aliphatic carbocycles. The van der Waals surface area contributed by atoms with Crippen molar-refractivity contribution in [3.63, 3.8) is 0 Å². The lowest BCUT2D eigenvalue weighted by molar-refractivity contribution is -0.152. The van der Waals surface area contributed by atoms with Gasteiger partial charge in [0.15, 0.2) is 17.3 Å². The Balaban J connectivity index is 1.55. The van der Waals surface area contributed by atoms with Crippen molar-refractivity contribution < 1.29 is 37.4 Å². The molecule has 39 heavy (non-hydrogen) atoms. The number of thiophene rings is 1. The molecular formula is C29H23F2NO6S. The lowest BCUT2D eigenvalue weighted by Crippen LogP contribution is -2.46. The number of fused-ring (bicyclic) bond motifs is 1. The van der Waals surface area contributed by atoms with Crippen LogP contribution in [0, 0.1) is 17.6 Å². The van der Waals surface area contributed by atoms with Gasteiger partial charge in [-0.2, -0.15) is 0 Å². The smallest absolute Gasteiger partial charge is 0.317 e. The summed E-state index contributed by atoms with van der Waals surface area (Å²) in [5.74, 6) is -4.72. The largest absolute Gasteiger partial charge is 0.465 e. The zero-order chi connectivity index (χ0) is 27.3. The molecule has 0 spiro atoms. The highest BCUT2D eigenvalue weighted by Crippen LogP contribution is 2.51. The molecule has 2 aliphatic heterocycles. The van der Waals surface area contributed by atoms with Gasteiger partial charge in [0.25, 0.3) is 0 Å². The number of allylic oxidation sites excluding steroid dienone is 2. The minimum atomic E-state index is -1.13. The van der Waals surface area contributed by atoms with Gasteiger partial charge in [-0.3, -0.25) is 19.3 Å². The summed E-state index contributed by atoms with van der Waals surface area (Å²) in [4.78, 5) is 43.2. The van der Waals surface area contributed by atoms with E-state index in [4.69, 9.17) is 14.2 Å². The molecule has 0 unspecified atom stereocenters. The number of benzene rings is 2. The molecule has 0 N–H and O–H groups in total. The third-order valence-corrected chi connectivity index (χ3v) is 8.32. The van der Waals surface area contributed by atoms with Crippen molar-refractivity contribution in [2.75, 3.05) is 18.3 Å². The molecule has 3 heterocycles. The average molecular weight is 552 g/mol. The number of hydrogen-bond donors (Lipinski definition) is 0. The molecule has 3 aliphatic rings. The van der Waals surface area contributed by atoms with Gasteiger partial charge >= 0.3 is 5.97 Å². The van der Waals surface area contributed by atoms with Crippen molar-refractivity contribution in [2.45, 2.75) is 31.6 Å². The topological polar surface area (TPSA) is 82.1 Å². The number of Topliss-reactive ketones (excluding diaryl/α,β-unsaturated/α-hetero) is 1. The van der Waals surface area contributed by atoms with Gasteiger partial charge in [-0.15, -0.1) is 11.3 Å². The van der Waals surface area contributed by atoms with Crippen molar-refractivity contribution in [1.29, 1.82) is 0 Å². The number of nitrogens with zero attached hydrogens (tertiary/aromatic N) is 1. The van der Waals surface area contributed by atoms with Gasteiger partial charge in [-0.25, -0.2) is 8.78 Å². The van der Waals surface area contributed by atoms with E-state index in [2.05, 4.69) is 0 Å². The van der Waals surface area contributed by atoms with Crippen LogP contribution >= 0.6 is 11.3 Å². The monoisotopic (exact) mass is 551 g/mol. The Labute approximate surface area is 226 Å². The molecular weight excluding hydrogens is 528 g/mol. The first-order valence-corrected chi connectivity index (χ1v) is 13.4. The summed E-state index contributed by atoms with van der Waals surface area (Å²) in [6.45, 7) is 1.83. The Hall–Kier alpha value is -4.05. The summed E-state index contributed by atoms with van der Waals surface area (Å²) >= 11 is 1.38. The molecule has 0 fully saturated rings. The predicted molar refractivity (Wildman–Crippen MR) is 138 cm³/mol. The minimum Gasteiger partial charge on any atom is -0.465 e. The maximum Gasteiger partial charge on any atom is 0.317 e. The summed E-state index contributed by atoms with van der Waals surface area (Å²) in [6.07, 6.45) is -0.0606. The number of ether oxygens (including phenoxy) is 3. The van der Waals surface area contributed by atoms with Crippen LogP contribution in [-0.4, -0.2) is 31.1 Å². The van der Waals surface area contributed by atoms with E-state index in [-0.39, 0.29) is 37.5 Å². The minimum absolute atomic E-state index is 0.0559. The van der Waals surface area contributed by atoms with Crippen molar-refractivity contribution in [3.8, 4) is 11.5 Å². The summed E-state index contributed by atoms with van der Waals surface area (Å²) in [5.41, 5.74) is 1.02. The van der Waals surface area contributed by atoms with Gasteiger partial charge < -0.3 is 14.2 Å². The quantitative estimate of drug-likeness (QED) is 0.309. The first kappa shape index (κ1) is 25.2. The number of amides is 1. The molecule has 10 heteroatoms. The second kappa shape index (κ2) is 9.92. The van der Waals surface area contributed by atoms with E-state index in [1.165, 1.54) is 22.3 Å². The van der Waals surface area contributed by atoms with Crippen LogP contribution in [0.15, 0.2) is 65.2 Å². The summed E-state index contributed by atoms with van der Waals surface area (Å²) in [6, 6.07) is 11.8. The van der Waals surface area contributed by atoms with Crippen LogP contribution in [0.3, 0.4) is 0 Å². The van der Waals surface area contributed by atoms with E-state index < -0.39 is 47.0 Å². The van der Waals surface area contributed by atoms with Gasteiger partial charge in [0.1, 0.15) is 17.6 Å². The number of halogens is 2. The number of anilines is 1. The number of ketones is 1. The Morgan fingerprint density at radius 2 is 1.90 bits per heavy atom. The summed E-state index contributed by atoms with van der Waals surface area (Å²) < 4.78 is 45.1. The van der Waals surface area contributed by atoms with E-state index in [0.29, 0.717) is 28.8 Å². The second-order valence-electron chi connectivity index (χ2n) is 9.47. The van der Waals surface area contributed by atoms with Crippen LogP contribution < -0.4 is 14.4 Å². The maximum atomic E-state index is 15.1. The molecule has 3 aromatic rings. The third kappa shape index (κ3) is 4.28. The van der Waals surface area contributed by atoms with Crippen LogP contribution in [0.5, 0.6) is 11.5 Å². The van der Waals surface area contributed by atoms with E-state index in [0.717, 1.165) is 10.9 Å². The Morgan fingerprint density at radius 1 is 1.08 bits per heavy atom. The van der Waals surface area contributed by atoms with Crippen LogP contribution in [-0.2, 0) is 19.1 Å². The fourth-order valence-electron chi connectivity index (χ4n) is 5.66. The normalized spacial score (nSPS) is 22.2. The van der Waals surface area contributed by atoms with Gasteiger partial charge in [0.2, 0.25) is 12.7 Å². The zero-order valence-corrected chi connectivity index (χ0v) is 21.6. The zero-order valence-electron chi connectivity index (χ0n) is 20.8. The number of rotatable bonds is 5. The lowest BCUT2D eigenvalue weighted by Gasteiger charge is -2.42. The lowest BCUT2D eigenvalue weighted by atomic mass is 9.69. The Bertz CT molecular complexity index is 1520. The number of carbonyl (C=O) groups excluding carboxylic acids is 3. The van der Waals surface area contributed by atoms with Crippen molar-refractivity contribution in [3.05, 3.63) is 87.3 Å². The molecule has 0 radical (unpaired) electrons. The second-order valence-corrected chi connectivity index (χ2v) is 10.5. The van der Waals surface area contributed by atoms with Crippen LogP contribution in [0.4, 0.5) is 14.5 Å². The fraction of sp³-hybridized carbons (Fsp3) is 0.276. The molecule has 1 aromatic heterocycles. The third-order valence-electron chi connectivity index (χ3n) is 7.32. The number of hydrogen-bond acceptors (Lipinski definition) is 7. The highest BCUT2D eigenvalue weighted by molar-refractivity contribution is 7.10. The first-order chi connectivity index (χ1) is 18.9. The number of carbonyl (C=O) groups is 3. The highest BCUT2D eigenvalue weighted by atomic mass is 32.1. The fourth-order valence-corrected chi connectivity index (χ4v) is 6.52. The molecule has 0 saturated heterocycles. The first-order valence-electron chi connectivity index (χ1n) is 12.5. The molecule has 1 amide bonds. The van der Waals surface area contributed by atoms with E-state index in [1.807, 2.05) is 17.5 Å². The number of esters is 1. The van der Waals surface area contributed by atoms with Crippen molar-refractivity contribution in [2.24, 2.45) is 5.92 Å². The molecule has 2 aromatic carbocycles. The molecule has 6 rings (SSSR count). The van der Waals surface area contributed by atoms with Gasteiger partial charge in [0, 0.05) is 40.5 Å². The van der Waals surface area contributed by atoms with Gasteiger partial charge in [-0.05, 0) is 54.6 Å². The maximum absolute atomic E-state index is 15.1. The SMILES string of the molecule is CCOC(=O)[C@@H]1C(=O)C2=C(C[C@@H]1c1cccs1)N(c1ccc(F)cc1F)C(=O)C[C@@H]2c1ccc2c(c1)OCO2. The highest BCUT2D eigenvalue weighted by Gasteiger charge is 2.50. The van der Waals surface area contributed by atoms with Gasteiger partial charge in [0.05, 0.1) is 12.3 Å². The van der Waals surface area contributed by atoms with E-state index in [9.17, 15) is 18.8 Å². The van der Waals surface area contributed by atoms with Crippen LogP contribution in [0.1, 0.15) is 42.0 Å². The molecule has 0 saturated carbocycles. The molecule has 0 bridgehead atoms. The molecule has 7 nitrogen and oxygen atoms in total.